The Hall–Kier alpha value is -6.95. The second-order valence-corrected chi connectivity index (χ2v) is 11.2. The highest BCUT2D eigenvalue weighted by molar-refractivity contribution is 6.36. The molecule has 2 amide bonds. The molecule has 5 aromatic rings. The number of esters is 3. The molecular weight excluding hydrogens is 666 g/mol. The van der Waals surface area contributed by atoms with Crippen LogP contribution in [0.1, 0.15) is 38.9 Å². The Bertz CT molecular complexity index is 2210. The number of Topliss-reactive ketones (excluding diaryl/α,β-unsaturated/α-hetero) is 1. The van der Waals surface area contributed by atoms with E-state index in [1.165, 1.54) is 21.1 Å². The molecule has 12 nitrogen and oxygen atoms in total. The number of carbonyl (C=O) groups excluding carboxylic acids is 6. The molecule has 0 saturated heterocycles. The summed E-state index contributed by atoms with van der Waals surface area (Å²) in [4.78, 5) is 76.7. The van der Waals surface area contributed by atoms with Crippen LogP contribution in [0.15, 0.2) is 115 Å². The van der Waals surface area contributed by atoms with E-state index < -0.39 is 29.7 Å². The van der Waals surface area contributed by atoms with Gasteiger partial charge in [0.2, 0.25) is 0 Å². The Balaban J connectivity index is 0.000000203. The zero-order chi connectivity index (χ0) is 37.2. The molecule has 1 aromatic heterocycles. The smallest absolute Gasteiger partial charge is 0.325 e. The Morgan fingerprint density at radius 2 is 1.12 bits per heavy atom. The van der Waals surface area contributed by atoms with Gasteiger partial charge in [-0.3, -0.25) is 28.8 Å². The number of aromatic nitrogens is 1. The van der Waals surface area contributed by atoms with Gasteiger partial charge in [0.25, 0.3) is 11.8 Å². The van der Waals surface area contributed by atoms with Gasteiger partial charge in [0.1, 0.15) is 13.1 Å². The zero-order valence-corrected chi connectivity index (χ0v) is 28.4. The summed E-state index contributed by atoms with van der Waals surface area (Å²) in [5.41, 5.74) is 3.89. The van der Waals surface area contributed by atoms with Crippen molar-refractivity contribution in [3.63, 3.8) is 0 Å². The number of methoxy groups -OCH3 is 2. The molecule has 0 spiro atoms. The number of fused-ring (bicyclic) bond motifs is 2. The molecule has 1 heterocycles. The van der Waals surface area contributed by atoms with Gasteiger partial charge in [0.15, 0.2) is 17.2 Å². The molecule has 2 N–H and O–H groups in total. The van der Waals surface area contributed by atoms with Crippen LogP contribution in [0.4, 0.5) is 0 Å². The number of hydrogen-bond donors (Lipinski definition) is 2. The summed E-state index contributed by atoms with van der Waals surface area (Å²) in [7, 11) is 2.46. The lowest BCUT2D eigenvalue weighted by Gasteiger charge is -2.15. The fourth-order valence-corrected chi connectivity index (χ4v) is 5.48. The Kier molecular flexibility index (Phi) is 11.6. The number of carbonyl (C=O) groups is 6. The maximum atomic E-state index is 12.7. The largest absolute Gasteiger partial charge is 0.468 e. The monoisotopic (exact) mass is 699 g/mol. The lowest BCUT2D eigenvalue weighted by Crippen LogP contribution is -2.33. The molecule has 0 bridgehead atoms. The minimum Gasteiger partial charge on any atom is -0.468 e. The van der Waals surface area contributed by atoms with Gasteiger partial charge in [-0.25, -0.2) is 4.98 Å². The van der Waals surface area contributed by atoms with Crippen molar-refractivity contribution in [2.45, 2.75) is 6.92 Å². The number of ether oxygens (including phenoxy) is 3. The maximum absolute atomic E-state index is 12.7. The number of hydrogen-bond acceptors (Lipinski definition) is 10. The number of ketones is 1. The summed E-state index contributed by atoms with van der Waals surface area (Å²) in [5.74, 6) is -3.29. The van der Waals surface area contributed by atoms with Crippen LogP contribution in [0.25, 0.3) is 27.6 Å². The minimum absolute atomic E-state index is 0.0464. The summed E-state index contributed by atoms with van der Waals surface area (Å²) in [6.45, 7) is 0.630. The van der Waals surface area contributed by atoms with Crippen molar-refractivity contribution in [2.75, 3.05) is 27.3 Å². The summed E-state index contributed by atoms with van der Waals surface area (Å²) < 4.78 is 14.4. The van der Waals surface area contributed by atoms with Crippen LogP contribution in [0.2, 0.25) is 0 Å². The summed E-state index contributed by atoms with van der Waals surface area (Å²) in [6, 6.07) is 32.9. The van der Waals surface area contributed by atoms with Crippen molar-refractivity contribution >= 4 is 51.9 Å². The zero-order valence-electron chi connectivity index (χ0n) is 28.4. The second kappa shape index (κ2) is 16.6. The number of pyridine rings is 1. The molecule has 6 rings (SSSR count). The van der Waals surface area contributed by atoms with Gasteiger partial charge in [0, 0.05) is 34.4 Å². The van der Waals surface area contributed by atoms with Gasteiger partial charge in [-0.2, -0.15) is 0 Å². The highest BCUT2D eigenvalue weighted by atomic mass is 16.5. The summed E-state index contributed by atoms with van der Waals surface area (Å²) in [6.07, 6.45) is 0. The Labute approximate surface area is 298 Å². The molecule has 0 unspecified atom stereocenters. The molecule has 4 aromatic carbocycles. The van der Waals surface area contributed by atoms with Crippen LogP contribution >= 0.6 is 0 Å². The van der Waals surface area contributed by atoms with E-state index >= 15 is 0 Å². The first-order valence-corrected chi connectivity index (χ1v) is 15.9. The second-order valence-electron chi connectivity index (χ2n) is 11.2. The average Bonchev–Trinajstić information content (AvgIpc) is 3.48. The standard InChI is InChI=1S/C21H18N2O5.C19H15NO4/c1-13(24)28-20-16-11-7-6-10-15(16)18(14-8-4-3-5-9-14)23-19(20)21(26)22-12-17(25)27-2;1-24-15(21)11-20-19(23)17-16(12-7-3-2-4-8-12)13-9-5-6-10-14(13)18(17)22/h3-11H,12H2,1-2H3,(H,22,26);2-10H,11H2,1H3,(H,20,23). The van der Waals surface area contributed by atoms with Gasteiger partial charge in [-0.15, -0.1) is 0 Å². The van der Waals surface area contributed by atoms with Crippen LogP contribution in [0.5, 0.6) is 5.75 Å². The molecule has 12 heteroatoms. The third-order valence-corrected chi connectivity index (χ3v) is 7.82. The quantitative estimate of drug-likeness (QED) is 0.163. The molecule has 1 aliphatic rings. The highest BCUT2D eigenvalue weighted by Gasteiger charge is 2.34. The van der Waals surface area contributed by atoms with E-state index in [-0.39, 0.29) is 35.9 Å². The molecule has 0 aliphatic heterocycles. The molecular formula is C40H33N3O9. The van der Waals surface area contributed by atoms with E-state index in [0.29, 0.717) is 22.2 Å². The van der Waals surface area contributed by atoms with Crippen molar-refractivity contribution < 1.29 is 43.0 Å². The molecule has 0 saturated carbocycles. The van der Waals surface area contributed by atoms with Crippen LogP contribution in [-0.4, -0.2) is 67.8 Å². The van der Waals surface area contributed by atoms with E-state index in [2.05, 4.69) is 25.1 Å². The van der Waals surface area contributed by atoms with E-state index in [0.717, 1.165) is 22.1 Å². The van der Waals surface area contributed by atoms with Crippen LogP contribution in [0.3, 0.4) is 0 Å². The lowest BCUT2D eigenvalue weighted by atomic mass is 9.97. The van der Waals surface area contributed by atoms with Gasteiger partial charge >= 0.3 is 17.9 Å². The van der Waals surface area contributed by atoms with E-state index in [9.17, 15) is 28.8 Å². The van der Waals surface area contributed by atoms with Crippen molar-refractivity contribution in [1.82, 2.24) is 15.6 Å². The average molecular weight is 700 g/mol. The van der Waals surface area contributed by atoms with Crippen molar-refractivity contribution in [2.24, 2.45) is 0 Å². The fourth-order valence-electron chi connectivity index (χ4n) is 5.48. The normalized spacial score (nSPS) is 11.5. The highest BCUT2D eigenvalue weighted by Crippen LogP contribution is 2.38. The molecule has 52 heavy (non-hydrogen) atoms. The van der Waals surface area contributed by atoms with Gasteiger partial charge in [-0.1, -0.05) is 109 Å². The molecule has 0 fully saturated rings. The predicted octanol–water partition coefficient (Wildman–Crippen LogP) is 4.70. The third-order valence-electron chi connectivity index (χ3n) is 7.82. The van der Waals surface area contributed by atoms with Gasteiger partial charge in [0.05, 0.1) is 25.5 Å². The molecule has 1 aliphatic carbocycles. The SMILES string of the molecule is COC(=O)CNC(=O)C1=C(c2ccccc2)c2ccccc2C1=O.COC(=O)CNC(=O)c1nc(-c2ccccc2)c2ccccc2c1OC(C)=O. The van der Waals surface area contributed by atoms with Crippen LogP contribution < -0.4 is 15.4 Å². The first-order chi connectivity index (χ1) is 25.1. The van der Waals surface area contributed by atoms with Crippen molar-refractivity contribution in [3.8, 4) is 17.0 Å². The van der Waals surface area contributed by atoms with Gasteiger partial charge in [-0.05, 0) is 11.1 Å². The number of rotatable bonds is 9. The van der Waals surface area contributed by atoms with Crippen LogP contribution in [-0.2, 0) is 28.7 Å². The van der Waals surface area contributed by atoms with Crippen molar-refractivity contribution in [1.29, 1.82) is 0 Å². The van der Waals surface area contributed by atoms with Crippen LogP contribution in [0, 0.1) is 0 Å². The summed E-state index contributed by atoms with van der Waals surface area (Å²) >= 11 is 0. The number of amides is 2. The summed E-state index contributed by atoms with van der Waals surface area (Å²) in [5, 5.41) is 6.18. The topological polar surface area (TPSA) is 167 Å². The Morgan fingerprint density at radius 3 is 1.69 bits per heavy atom. The number of nitrogens with one attached hydrogen (secondary N) is 2. The minimum atomic E-state index is -0.649. The van der Waals surface area contributed by atoms with E-state index in [1.54, 1.807) is 24.3 Å². The molecule has 0 radical (unpaired) electrons. The Morgan fingerprint density at radius 1 is 0.615 bits per heavy atom. The van der Waals surface area contributed by atoms with E-state index in [1.807, 2.05) is 84.9 Å². The van der Waals surface area contributed by atoms with E-state index in [4.69, 9.17) is 4.74 Å². The van der Waals surface area contributed by atoms with Gasteiger partial charge < -0.3 is 24.8 Å². The molecule has 0 atom stereocenters. The number of benzene rings is 4. The van der Waals surface area contributed by atoms with Crippen molar-refractivity contribution in [3.05, 3.63) is 137 Å². The lowest BCUT2D eigenvalue weighted by molar-refractivity contribution is -0.141. The predicted molar refractivity (Wildman–Crippen MR) is 191 cm³/mol. The third kappa shape index (κ3) is 8.08. The number of nitrogens with zero attached hydrogens (tertiary/aromatic N) is 1. The first kappa shape index (κ1) is 36.3. The maximum Gasteiger partial charge on any atom is 0.325 e. The first-order valence-electron chi connectivity index (χ1n) is 15.9. The molecule has 262 valence electrons. The fraction of sp³-hybridized carbons (Fsp3) is 0.125.